The third-order valence-electron chi connectivity index (χ3n) is 5.16. The molecule has 0 spiro atoms. The quantitative estimate of drug-likeness (QED) is 0.524. The number of anilines is 1. The number of carbonyl (C=O) groups is 2. The lowest BCUT2D eigenvalue weighted by Crippen LogP contribution is -2.46. The smallest absolute Gasteiger partial charge is 0.261 e. The Morgan fingerprint density at radius 2 is 1.90 bits per heavy atom. The van der Waals surface area contributed by atoms with Crippen LogP contribution in [0.4, 0.5) is 5.82 Å². The average Bonchev–Trinajstić information content (AvgIpc) is 3.18. The highest BCUT2D eigenvalue weighted by Crippen LogP contribution is 2.13. The van der Waals surface area contributed by atoms with Gasteiger partial charge in [0, 0.05) is 12.1 Å². The summed E-state index contributed by atoms with van der Waals surface area (Å²) in [6.45, 7) is 10.8. The first-order valence-corrected chi connectivity index (χ1v) is 10.9. The third-order valence-corrected chi connectivity index (χ3v) is 5.16. The van der Waals surface area contributed by atoms with Crippen molar-refractivity contribution in [1.82, 2.24) is 15.0 Å². The fraction of sp³-hybridized carbons (Fsp3) is 0.522. The molecule has 0 aliphatic carbocycles. The fourth-order valence-electron chi connectivity index (χ4n) is 3.30. The van der Waals surface area contributed by atoms with Gasteiger partial charge in [-0.05, 0) is 58.5 Å². The van der Waals surface area contributed by atoms with Crippen LogP contribution in [-0.4, -0.2) is 65.6 Å². The van der Waals surface area contributed by atoms with E-state index >= 15 is 0 Å². The predicted octanol–water partition coefficient (Wildman–Crippen LogP) is 3.34. The Balaban J connectivity index is 1.98. The van der Waals surface area contributed by atoms with Gasteiger partial charge in [0.25, 0.3) is 5.91 Å². The number of aryl methyl sites for hydroxylation is 1. The Bertz CT molecular complexity index is 805. The molecule has 8 nitrogen and oxygen atoms in total. The predicted molar refractivity (Wildman–Crippen MR) is 120 cm³/mol. The number of carbonyl (C=O) groups excluding carboxylic acids is 2. The Kier molecular flexibility index (Phi) is 10.0. The Morgan fingerprint density at radius 1 is 1.19 bits per heavy atom. The topological polar surface area (TPSA) is 87.9 Å². The number of benzene rings is 1. The summed E-state index contributed by atoms with van der Waals surface area (Å²) >= 11 is 0. The first-order valence-electron chi connectivity index (χ1n) is 10.9. The van der Waals surface area contributed by atoms with Crippen molar-refractivity contribution in [3.63, 3.8) is 0 Å². The number of para-hydroxylation sites is 1. The van der Waals surface area contributed by atoms with E-state index in [1.54, 1.807) is 30.0 Å². The van der Waals surface area contributed by atoms with E-state index in [0.717, 1.165) is 32.5 Å². The molecule has 8 heteroatoms. The van der Waals surface area contributed by atoms with Crippen molar-refractivity contribution >= 4 is 17.6 Å². The van der Waals surface area contributed by atoms with Crippen molar-refractivity contribution in [3.8, 4) is 5.75 Å². The van der Waals surface area contributed by atoms with Crippen LogP contribution in [0, 0.1) is 6.92 Å². The van der Waals surface area contributed by atoms with Crippen LogP contribution in [0.25, 0.3) is 0 Å². The number of hydrogen-bond donors (Lipinski definition) is 1. The number of rotatable bonds is 13. The summed E-state index contributed by atoms with van der Waals surface area (Å²) in [5.74, 6) is 1.00. The van der Waals surface area contributed by atoms with Crippen LogP contribution in [-0.2, 0) is 9.59 Å². The van der Waals surface area contributed by atoms with Crippen LogP contribution in [0.15, 0.2) is 40.9 Å². The number of aromatic nitrogens is 1. The molecule has 0 fully saturated rings. The number of nitrogens with zero attached hydrogens (tertiary/aromatic N) is 3. The summed E-state index contributed by atoms with van der Waals surface area (Å²) in [7, 11) is 0. The summed E-state index contributed by atoms with van der Waals surface area (Å²) in [5.41, 5.74) is 0. The van der Waals surface area contributed by atoms with E-state index in [4.69, 9.17) is 9.26 Å². The van der Waals surface area contributed by atoms with E-state index in [1.165, 1.54) is 0 Å². The maximum Gasteiger partial charge on any atom is 0.261 e. The van der Waals surface area contributed by atoms with Gasteiger partial charge in [-0.3, -0.25) is 9.59 Å². The molecule has 0 saturated heterocycles. The number of hydrogen-bond acceptors (Lipinski definition) is 6. The second kappa shape index (κ2) is 12.7. The molecule has 0 aliphatic heterocycles. The fourth-order valence-corrected chi connectivity index (χ4v) is 3.30. The second-order valence-electron chi connectivity index (χ2n) is 7.51. The monoisotopic (exact) mass is 430 g/mol. The van der Waals surface area contributed by atoms with Gasteiger partial charge in [0.2, 0.25) is 5.91 Å². The van der Waals surface area contributed by atoms with Gasteiger partial charge < -0.3 is 24.4 Å². The van der Waals surface area contributed by atoms with Crippen molar-refractivity contribution in [1.29, 1.82) is 0 Å². The number of amides is 2. The SMILES string of the molecule is CCN(CC)CCCC(C)N(CC(=O)Nc1cc(C)on1)C(=O)COc1ccccc1. The van der Waals surface area contributed by atoms with Gasteiger partial charge in [-0.25, -0.2) is 0 Å². The van der Waals surface area contributed by atoms with Gasteiger partial charge >= 0.3 is 0 Å². The molecule has 1 unspecified atom stereocenters. The van der Waals surface area contributed by atoms with Crippen LogP contribution < -0.4 is 10.1 Å². The number of ether oxygens (including phenoxy) is 1. The molecule has 2 rings (SSSR count). The van der Waals surface area contributed by atoms with E-state index in [-0.39, 0.29) is 31.0 Å². The second-order valence-corrected chi connectivity index (χ2v) is 7.51. The molecule has 0 saturated carbocycles. The van der Waals surface area contributed by atoms with Gasteiger partial charge in [-0.1, -0.05) is 37.2 Å². The normalized spacial score (nSPS) is 11.9. The highest BCUT2D eigenvalue weighted by Gasteiger charge is 2.24. The van der Waals surface area contributed by atoms with Crippen molar-refractivity contribution < 1.29 is 18.8 Å². The molecule has 1 heterocycles. The minimum absolute atomic E-state index is 0.0741. The van der Waals surface area contributed by atoms with Gasteiger partial charge in [0.1, 0.15) is 18.1 Å². The summed E-state index contributed by atoms with van der Waals surface area (Å²) in [5, 5.41) is 6.46. The Labute approximate surface area is 184 Å². The van der Waals surface area contributed by atoms with E-state index in [9.17, 15) is 9.59 Å². The summed E-state index contributed by atoms with van der Waals surface area (Å²) < 4.78 is 10.6. The minimum atomic E-state index is -0.322. The van der Waals surface area contributed by atoms with Crippen molar-refractivity contribution in [3.05, 3.63) is 42.2 Å². The zero-order chi connectivity index (χ0) is 22.6. The highest BCUT2D eigenvalue weighted by molar-refractivity contribution is 5.94. The lowest BCUT2D eigenvalue weighted by Gasteiger charge is -2.29. The molecule has 0 bridgehead atoms. The Hall–Kier alpha value is -2.87. The van der Waals surface area contributed by atoms with Crippen LogP contribution in [0.2, 0.25) is 0 Å². The molecular formula is C23H34N4O4. The lowest BCUT2D eigenvalue weighted by molar-refractivity contribution is -0.138. The van der Waals surface area contributed by atoms with Crippen LogP contribution >= 0.6 is 0 Å². The van der Waals surface area contributed by atoms with E-state index in [0.29, 0.717) is 17.3 Å². The lowest BCUT2D eigenvalue weighted by atomic mass is 10.1. The molecule has 1 aromatic heterocycles. The van der Waals surface area contributed by atoms with Gasteiger partial charge in [-0.15, -0.1) is 0 Å². The average molecular weight is 431 g/mol. The molecule has 0 aliphatic rings. The van der Waals surface area contributed by atoms with Gasteiger partial charge in [0.05, 0.1) is 0 Å². The molecule has 2 aromatic rings. The molecule has 1 atom stereocenters. The summed E-state index contributed by atoms with van der Waals surface area (Å²) in [6.07, 6.45) is 1.74. The molecule has 1 aromatic carbocycles. The van der Waals surface area contributed by atoms with E-state index in [1.807, 2.05) is 25.1 Å². The zero-order valence-corrected chi connectivity index (χ0v) is 19.0. The molecule has 0 radical (unpaired) electrons. The van der Waals surface area contributed by atoms with Crippen LogP contribution in [0.5, 0.6) is 5.75 Å². The molecule has 1 N–H and O–H groups in total. The maximum atomic E-state index is 12.9. The molecule has 170 valence electrons. The first kappa shape index (κ1) is 24.4. The first-order chi connectivity index (χ1) is 14.9. The van der Waals surface area contributed by atoms with Crippen molar-refractivity contribution in [2.24, 2.45) is 0 Å². The minimum Gasteiger partial charge on any atom is -0.484 e. The van der Waals surface area contributed by atoms with E-state index < -0.39 is 0 Å². The maximum absolute atomic E-state index is 12.9. The number of nitrogens with one attached hydrogen (secondary N) is 1. The van der Waals surface area contributed by atoms with Gasteiger partial charge in [-0.2, -0.15) is 0 Å². The summed E-state index contributed by atoms with van der Waals surface area (Å²) in [6, 6.07) is 10.7. The van der Waals surface area contributed by atoms with Crippen LogP contribution in [0.1, 0.15) is 39.4 Å². The van der Waals surface area contributed by atoms with Gasteiger partial charge in [0.15, 0.2) is 12.4 Å². The third kappa shape index (κ3) is 8.41. The molecular weight excluding hydrogens is 396 g/mol. The standard InChI is InChI=1S/C23H34N4O4/c1-5-26(6-2)14-10-11-18(3)27(16-22(28)24-21-15-19(4)31-25-21)23(29)17-30-20-12-8-7-9-13-20/h7-9,12-13,15,18H,5-6,10-11,14,16-17H2,1-4H3,(H,24,25,28). The molecule has 31 heavy (non-hydrogen) atoms. The van der Waals surface area contributed by atoms with Crippen molar-refractivity contribution in [2.75, 3.05) is 38.1 Å². The largest absolute Gasteiger partial charge is 0.484 e. The van der Waals surface area contributed by atoms with E-state index in [2.05, 4.69) is 29.2 Å². The van der Waals surface area contributed by atoms with Crippen molar-refractivity contribution in [2.45, 2.75) is 46.6 Å². The highest BCUT2D eigenvalue weighted by atomic mass is 16.5. The Morgan fingerprint density at radius 3 is 2.52 bits per heavy atom. The molecule has 2 amide bonds. The van der Waals surface area contributed by atoms with Crippen LogP contribution in [0.3, 0.4) is 0 Å². The zero-order valence-electron chi connectivity index (χ0n) is 19.0. The summed E-state index contributed by atoms with van der Waals surface area (Å²) in [4.78, 5) is 29.4.